The van der Waals surface area contributed by atoms with Gasteiger partial charge in [-0.2, -0.15) is 0 Å². The van der Waals surface area contributed by atoms with Gasteiger partial charge >= 0.3 is 0 Å². The lowest BCUT2D eigenvalue weighted by atomic mass is 9.98. The van der Waals surface area contributed by atoms with Gasteiger partial charge in [-0.25, -0.2) is 0 Å². The topological polar surface area (TPSA) is 75.3 Å². The number of aromatic nitrogens is 2. The summed E-state index contributed by atoms with van der Waals surface area (Å²) in [7, 11) is 0. The van der Waals surface area contributed by atoms with Gasteiger partial charge in [0.1, 0.15) is 0 Å². The molecule has 0 spiro atoms. The molecule has 0 atom stereocenters. The van der Waals surface area contributed by atoms with E-state index in [4.69, 9.17) is 10.7 Å². The molecule has 5 heteroatoms. The highest BCUT2D eigenvalue weighted by atomic mass is 16.3. The van der Waals surface area contributed by atoms with Crippen molar-refractivity contribution in [2.24, 2.45) is 11.7 Å². The Labute approximate surface area is 121 Å². The first kappa shape index (κ1) is 15.4. The lowest BCUT2D eigenvalue weighted by Crippen LogP contribution is -2.35. The number of aryl methyl sites for hydroxylation is 2. The first-order valence-corrected chi connectivity index (χ1v) is 7.50. The lowest BCUT2D eigenvalue weighted by Gasteiger charge is -2.31. The molecule has 1 fully saturated rings. The van der Waals surface area contributed by atoms with Crippen molar-refractivity contribution in [3.05, 3.63) is 22.8 Å². The fraction of sp³-hybridized carbons (Fsp3) is 0.733. The number of aliphatic hydroxyl groups excluding tert-OH is 1. The van der Waals surface area contributed by atoms with Crippen LogP contribution in [0.5, 0.6) is 0 Å². The van der Waals surface area contributed by atoms with Crippen LogP contribution >= 0.6 is 0 Å². The Hall–Kier alpha value is -1.04. The monoisotopic (exact) mass is 278 g/mol. The molecule has 1 aliphatic rings. The fourth-order valence-corrected chi connectivity index (χ4v) is 2.77. The molecule has 1 saturated heterocycles. The van der Waals surface area contributed by atoms with E-state index in [1.807, 2.05) is 13.8 Å². The van der Waals surface area contributed by atoms with Crippen molar-refractivity contribution in [3.63, 3.8) is 0 Å². The van der Waals surface area contributed by atoms with Crippen molar-refractivity contribution in [1.82, 2.24) is 14.9 Å². The Balaban J connectivity index is 2.03. The Kier molecular flexibility index (Phi) is 5.46. The highest BCUT2D eigenvalue weighted by Crippen LogP contribution is 2.19. The molecule has 2 rings (SSSR count). The molecule has 20 heavy (non-hydrogen) atoms. The van der Waals surface area contributed by atoms with E-state index in [0.29, 0.717) is 19.1 Å². The molecule has 1 aromatic rings. The number of rotatable bonds is 5. The molecule has 0 aliphatic carbocycles. The fourth-order valence-electron chi connectivity index (χ4n) is 2.77. The summed E-state index contributed by atoms with van der Waals surface area (Å²) in [6.07, 6.45) is 2.94. The van der Waals surface area contributed by atoms with E-state index >= 15 is 0 Å². The van der Waals surface area contributed by atoms with E-state index in [1.165, 1.54) is 0 Å². The maximum atomic E-state index is 9.18. The van der Waals surface area contributed by atoms with Crippen LogP contribution in [0.2, 0.25) is 0 Å². The molecular weight excluding hydrogens is 252 g/mol. The van der Waals surface area contributed by atoms with Crippen LogP contribution < -0.4 is 5.73 Å². The minimum Gasteiger partial charge on any atom is -0.396 e. The second kappa shape index (κ2) is 7.11. The average molecular weight is 278 g/mol. The molecule has 0 radical (unpaired) electrons. The van der Waals surface area contributed by atoms with Gasteiger partial charge in [-0.15, -0.1) is 0 Å². The zero-order valence-electron chi connectivity index (χ0n) is 12.6. The summed E-state index contributed by atoms with van der Waals surface area (Å²) in [5.74, 6) is 0.476. The quantitative estimate of drug-likeness (QED) is 0.833. The number of nitrogens with two attached hydrogens (primary N) is 1. The van der Waals surface area contributed by atoms with E-state index in [-0.39, 0.29) is 0 Å². The third-order valence-electron chi connectivity index (χ3n) is 4.16. The maximum absolute atomic E-state index is 9.18. The second-order valence-corrected chi connectivity index (χ2v) is 5.73. The standard InChI is InChI=1S/C15H26N4O/c1-11-14(3-6-16)18-15(12(2)17-11)9-19-7-4-13(10-20)5-8-19/h13,20H,3-10,16H2,1-2H3. The summed E-state index contributed by atoms with van der Waals surface area (Å²) in [5.41, 5.74) is 9.74. The predicted molar refractivity (Wildman–Crippen MR) is 79.4 cm³/mol. The zero-order chi connectivity index (χ0) is 14.5. The van der Waals surface area contributed by atoms with Gasteiger partial charge < -0.3 is 10.8 Å². The molecule has 5 nitrogen and oxygen atoms in total. The van der Waals surface area contributed by atoms with Crippen LogP contribution in [0, 0.1) is 19.8 Å². The number of piperidine rings is 1. The predicted octanol–water partition coefficient (Wildman–Crippen LogP) is 0.799. The van der Waals surface area contributed by atoms with Crippen molar-refractivity contribution in [2.45, 2.75) is 39.7 Å². The number of hydrogen-bond acceptors (Lipinski definition) is 5. The van der Waals surface area contributed by atoms with Gasteiger partial charge in [0, 0.05) is 19.6 Å². The van der Waals surface area contributed by atoms with Crippen LogP contribution in [0.4, 0.5) is 0 Å². The maximum Gasteiger partial charge on any atom is 0.0759 e. The van der Waals surface area contributed by atoms with Crippen molar-refractivity contribution in [3.8, 4) is 0 Å². The molecule has 0 unspecified atom stereocenters. The number of aliphatic hydroxyl groups is 1. The van der Waals surface area contributed by atoms with E-state index < -0.39 is 0 Å². The Morgan fingerprint density at radius 3 is 2.40 bits per heavy atom. The minimum atomic E-state index is 0.317. The van der Waals surface area contributed by atoms with Gasteiger partial charge in [-0.1, -0.05) is 0 Å². The Morgan fingerprint density at radius 1 is 1.15 bits per heavy atom. The summed E-state index contributed by atoms with van der Waals surface area (Å²) in [5, 5.41) is 9.18. The third-order valence-corrected chi connectivity index (χ3v) is 4.16. The van der Waals surface area contributed by atoms with Crippen molar-refractivity contribution in [1.29, 1.82) is 0 Å². The summed E-state index contributed by atoms with van der Waals surface area (Å²) in [6.45, 7) is 7.88. The smallest absolute Gasteiger partial charge is 0.0759 e. The molecule has 112 valence electrons. The molecule has 3 N–H and O–H groups in total. The van der Waals surface area contributed by atoms with Gasteiger partial charge in [0.05, 0.1) is 22.8 Å². The van der Waals surface area contributed by atoms with E-state index in [1.54, 1.807) is 0 Å². The van der Waals surface area contributed by atoms with Crippen LogP contribution in [0.25, 0.3) is 0 Å². The van der Waals surface area contributed by atoms with Gasteiger partial charge in [-0.3, -0.25) is 14.9 Å². The van der Waals surface area contributed by atoms with Gasteiger partial charge in [0.25, 0.3) is 0 Å². The number of hydrogen-bond donors (Lipinski definition) is 2. The molecular formula is C15H26N4O. The van der Waals surface area contributed by atoms with E-state index in [2.05, 4.69) is 9.88 Å². The second-order valence-electron chi connectivity index (χ2n) is 5.73. The first-order valence-electron chi connectivity index (χ1n) is 7.50. The lowest BCUT2D eigenvalue weighted by molar-refractivity contribution is 0.126. The van der Waals surface area contributed by atoms with Crippen LogP contribution in [0.1, 0.15) is 35.6 Å². The van der Waals surface area contributed by atoms with Crippen LogP contribution in [-0.4, -0.2) is 46.2 Å². The molecule has 1 aliphatic heterocycles. The minimum absolute atomic E-state index is 0.317. The SMILES string of the molecule is Cc1nc(C)c(CN2CCC(CO)CC2)nc1CCN. The van der Waals surface area contributed by atoms with Crippen molar-refractivity contribution in [2.75, 3.05) is 26.2 Å². The average Bonchev–Trinajstić information content (AvgIpc) is 2.45. The largest absolute Gasteiger partial charge is 0.396 e. The van der Waals surface area contributed by atoms with Crippen LogP contribution in [0.15, 0.2) is 0 Å². The zero-order valence-corrected chi connectivity index (χ0v) is 12.6. The van der Waals surface area contributed by atoms with Gasteiger partial charge in [0.15, 0.2) is 0 Å². The van der Waals surface area contributed by atoms with E-state index in [9.17, 15) is 5.11 Å². The number of nitrogens with zero attached hydrogens (tertiary/aromatic N) is 3. The van der Waals surface area contributed by atoms with E-state index in [0.717, 1.165) is 61.7 Å². The molecule has 1 aromatic heterocycles. The molecule has 0 saturated carbocycles. The highest BCUT2D eigenvalue weighted by molar-refractivity contribution is 5.19. The third kappa shape index (κ3) is 3.75. The summed E-state index contributed by atoms with van der Waals surface area (Å²) >= 11 is 0. The molecule has 2 heterocycles. The summed E-state index contributed by atoms with van der Waals surface area (Å²) in [6, 6.07) is 0. The van der Waals surface area contributed by atoms with Crippen molar-refractivity contribution < 1.29 is 5.11 Å². The van der Waals surface area contributed by atoms with Crippen LogP contribution in [-0.2, 0) is 13.0 Å². The highest BCUT2D eigenvalue weighted by Gasteiger charge is 2.20. The number of likely N-dealkylation sites (tertiary alicyclic amines) is 1. The molecule has 0 amide bonds. The normalized spacial score (nSPS) is 17.6. The summed E-state index contributed by atoms with van der Waals surface area (Å²) < 4.78 is 0. The van der Waals surface area contributed by atoms with Gasteiger partial charge in [0.2, 0.25) is 0 Å². The van der Waals surface area contributed by atoms with Crippen molar-refractivity contribution >= 4 is 0 Å². The first-order chi connectivity index (χ1) is 9.63. The Bertz CT molecular complexity index is 442. The summed E-state index contributed by atoms with van der Waals surface area (Å²) in [4.78, 5) is 11.8. The van der Waals surface area contributed by atoms with Crippen LogP contribution in [0.3, 0.4) is 0 Å². The Morgan fingerprint density at radius 2 is 1.80 bits per heavy atom. The van der Waals surface area contributed by atoms with Gasteiger partial charge in [-0.05, 0) is 52.2 Å². The molecule has 0 aromatic carbocycles. The molecule has 0 bridgehead atoms.